The summed E-state index contributed by atoms with van der Waals surface area (Å²) in [5.41, 5.74) is 7.60. The fourth-order valence-corrected chi connectivity index (χ4v) is 2.43. The van der Waals surface area contributed by atoms with Crippen LogP contribution in [0.25, 0.3) is 0 Å². The number of halogens is 1. The van der Waals surface area contributed by atoms with E-state index in [-0.39, 0.29) is 11.5 Å². The second kappa shape index (κ2) is 4.88. The Bertz CT molecular complexity index is 350. The third-order valence-corrected chi connectivity index (χ3v) is 3.07. The van der Waals surface area contributed by atoms with E-state index in [0.29, 0.717) is 6.04 Å². The van der Waals surface area contributed by atoms with Crippen molar-refractivity contribution >= 4 is 15.9 Å². The summed E-state index contributed by atoms with van der Waals surface area (Å²) in [4.78, 5) is 0. The minimum atomic E-state index is 0.0271. The van der Waals surface area contributed by atoms with Gasteiger partial charge in [-0.25, -0.2) is 0 Å². The van der Waals surface area contributed by atoms with Gasteiger partial charge in [0.05, 0.1) is 16.4 Å². The van der Waals surface area contributed by atoms with E-state index < -0.39 is 0 Å². The highest BCUT2D eigenvalue weighted by molar-refractivity contribution is 9.10. The van der Waals surface area contributed by atoms with Gasteiger partial charge in [0.15, 0.2) is 0 Å². The van der Waals surface area contributed by atoms with Crippen LogP contribution in [0.2, 0.25) is 0 Å². The van der Waals surface area contributed by atoms with Crippen LogP contribution in [0.5, 0.6) is 0 Å². The Morgan fingerprint density at radius 1 is 1.44 bits per heavy atom. The van der Waals surface area contributed by atoms with Crippen LogP contribution >= 0.6 is 15.9 Å². The summed E-state index contributed by atoms with van der Waals surface area (Å²) in [7, 11) is 0. The Hall–Kier alpha value is -0.350. The van der Waals surface area contributed by atoms with Crippen molar-refractivity contribution < 1.29 is 0 Å². The molecule has 0 aliphatic carbocycles. The monoisotopic (exact) mass is 287 g/mol. The van der Waals surface area contributed by atoms with Crippen LogP contribution in [0.15, 0.2) is 10.7 Å². The Morgan fingerprint density at radius 2 is 2.00 bits per heavy atom. The lowest BCUT2D eigenvalue weighted by Gasteiger charge is -2.25. The van der Waals surface area contributed by atoms with E-state index in [0.717, 1.165) is 16.6 Å². The van der Waals surface area contributed by atoms with E-state index in [1.54, 1.807) is 0 Å². The minimum Gasteiger partial charge on any atom is -0.323 e. The number of nitrogens with two attached hydrogens (primary N) is 1. The lowest BCUT2D eigenvalue weighted by atomic mass is 9.87. The second-order valence-electron chi connectivity index (χ2n) is 5.79. The Balaban J connectivity index is 2.98. The number of hydrogen-bond donors (Lipinski definition) is 1. The molecule has 0 bridgehead atoms. The van der Waals surface area contributed by atoms with E-state index in [9.17, 15) is 0 Å². The van der Waals surface area contributed by atoms with Crippen molar-refractivity contribution in [2.45, 2.75) is 53.1 Å². The third kappa shape index (κ3) is 3.32. The van der Waals surface area contributed by atoms with E-state index in [2.05, 4.69) is 55.6 Å². The van der Waals surface area contributed by atoms with Crippen LogP contribution in [-0.2, 0) is 0 Å². The highest BCUT2D eigenvalue weighted by Crippen LogP contribution is 2.32. The summed E-state index contributed by atoms with van der Waals surface area (Å²) in [5, 5.41) is 4.36. The molecule has 1 aromatic heterocycles. The second-order valence-corrected chi connectivity index (χ2v) is 6.64. The van der Waals surface area contributed by atoms with Gasteiger partial charge in [0.25, 0.3) is 0 Å². The van der Waals surface area contributed by atoms with Gasteiger partial charge >= 0.3 is 0 Å². The van der Waals surface area contributed by atoms with Crippen molar-refractivity contribution in [3.63, 3.8) is 0 Å². The first kappa shape index (κ1) is 13.7. The van der Waals surface area contributed by atoms with Crippen LogP contribution in [0.3, 0.4) is 0 Å². The van der Waals surface area contributed by atoms with Crippen molar-refractivity contribution in [2.24, 2.45) is 11.1 Å². The predicted octanol–water partition coefficient (Wildman–Crippen LogP) is 3.66. The number of hydrogen-bond acceptors (Lipinski definition) is 2. The molecule has 0 spiro atoms. The molecule has 92 valence electrons. The fraction of sp³-hybridized carbons (Fsp3) is 0.750. The zero-order valence-electron chi connectivity index (χ0n) is 10.8. The summed E-state index contributed by atoms with van der Waals surface area (Å²) in [6, 6.07) is 0.367. The van der Waals surface area contributed by atoms with Crippen molar-refractivity contribution in [3.8, 4) is 0 Å². The first-order valence-electron chi connectivity index (χ1n) is 5.71. The molecule has 0 saturated heterocycles. The quantitative estimate of drug-likeness (QED) is 0.922. The lowest BCUT2D eigenvalue weighted by Crippen LogP contribution is -2.23. The van der Waals surface area contributed by atoms with Gasteiger partial charge in [-0.05, 0) is 41.6 Å². The lowest BCUT2D eigenvalue weighted by molar-refractivity contribution is 0.329. The molecule has 1 aromatic rings. The van der Waals surface area contributed by atoms with Gasteiger partial charge in [0, 0.05) is 12.1 Å². The van der Waals surface area contributed by atoms with Crippen molar-refractivity contribution in [3.05, 3.63) is 16.4 Å². The maximum Gasteiger partial charge on any atom is 0.0696 e. The van der Waals surface area contributed by atoms with Crippen molar-refractivity contribution in [1.29, 1.82) is 0 Å². The molecule has 2 N–H and O–H groups in total. The maximum absolute atomic E-state index is 6.27. The molecular weight excluding hydrogens is 266 g/mol. The van der Waals surface area contributed by atoms with Crippen LogP contribution in [-0.4, -0.2) is 9.78 Å². The Morgan fingerprint density at radius 3 is 2.44 bits per heavy atom. The molecule has 0 fully saturated rings. The van der Waals surface area contributed by atoms with E-state index in [1.165, 1.54) is 0 Å². The summed E-state index contributed by atoms with van der Waals surface area (Å²) in [6.45, 7) is 10.9. The molecule has 0 saturated carbocycles. The highest BCUT2D eigenvalue weighted by atomic mass is 79.9. The molecule has 1 rings (SSSR count). The normalized spacial score (nSPS) is 14.5. The van der Waals surface area contributed by atoms with Gasteiger partial charge < -0.3 is 5.73 Å². The summed E-state index contributed by atoms with van der Waals surface area (Å²) < 4.78 is 3.01. The molecule has 0 aliphatic heterocycles. The Labute approximate surface area is 107 Å². The fourth-order valence-electron chi connectivity index (χ4n) is 1.87. The molecule has 4 heteroatoms. The van der Waals surface area contributed by atoms with E-state index in [4.69, 9.17) is 5.73 Å². The molecule has 0 amide bonds. The average Bonchev–Trinajstić information content (AvgIpc) is 2.43. The Kier molecular flexibility index (Phi) is 4.18. The molecule has 0 aromatic carbocycles. The number of aromatic nitrogens is 2. The van der Waals surface area contributed by atoms with Crippen molar-refractivity contribution in [1.82, 2.24) is 9.78 Å². The topological polar surface area (TPSA) is 43.8 Å². The molecule has 16 heavy (non-hydrogen) atoms. The summed E-state index contributed by atoms with van der Waals surface area (Å²) in [6.07, 6.45) is 2.78. The molecule has 0 aliphatic rings. The summed E-state index contributed by atoms with van der Waals surface area (Å²) >= 11 is 3.53. The standard InChI is InChI=1S/C12H22BrN3/c1-8(2)16-11(9(13)7-15-16)10(14)6-12(3,4)5/h7-8,10H,6,14H2,1-5H3. The van der Waals surface area contributed by atoms with Gasteiger partial charge in [-0.2, -0.15) is 5.10 Å². The number of nitrogens with zero attached hydrogens (tertiary/aromatic N) is 2. The van der Waals surface area contributed by atoms with Crippen LogP contribution in [0, 0.1) is 5.41 Å². The largest absolute Gasteiger partial charge is 0.323 e. The minimum absolute atomic E-state index is 0.0271. The highest BCUT2D eigenvalue weighted by Gasteiger charge is 2.23. The van der Waals surface area contributed by atoms with Gasteiger partial charge in [0.2, 0.25) is 0 Å². The van der Waals surface area contributed by atoms with Crippen LogP contribution in [0.1, 0.15) is 58.8 Å². The zero-order valence-corrected chi connectivity index (χ0v) is 12.4. The van der Waals surface area contributed by atoms with E-state index in [1.807, 2.05) is 10.9 Å². The van der Waals surface area contributed by atoms with Gasteiger partial charge in [0.1, 0.15) is 0 Å². The van der Waals surface area contributed by atoms with Crippen LogP contribution in [0.4, 0.5) is 0 Å². The van der Waals surface area contributed by atoms with E-state index >= 15 is 0 Å². The van der Waals surface area contributed by atoms with Gasteiger partial charge in [-0.3, -0.25) is 4.68 Å². The van der Waals surface area contributed by atoms with Gasteiger partial charge in [-0.1, -0.05) is 20.8 Å². The SMILES string of the molecule is CC(C)n1ncc(Br)c1C(N)CC(C)(C)C. The summed E-state index contributed by atoms with van der Waals surface area (Å²) in [5.74, 6) is 0. The molecule has 3 nitrogen and oxygen atoms in total. The third-order valence-electron chi connectivity index (χ3n) is 2.46. The molecule has 0 radical (unpaired) electrons. The smallest absolute Gasteiger partial charge is 0.0696 e. The molecular formula is C12H22BrN3. The number of rotatable bonds is 3. The molecule has 1 heterocycles. The predicted molar refractivity (Wildman–Crippen MR) is 71.3 cm³/mol. The first-order chi connectivity index (χ1) is 7.22. The van der Waals surface area contributed by atoms with Gasteiger partial charge in [-0.15, -0.1) is 0 Å². The maximum atomic E-state index is 6.27. The first-order valence-corrected chi connectivity index (χ1v) is 6.50. The average molecular weight is 288 g/mol. The molecule has 1 atom stereocenters. The van der Waals surface area contributed by atoms with Crippen LogP contribution < -0.4 is 5.73 Å². The zero-order chi connectivity index (χ0) is 12.5. The van der Waals surface area contributed by atoms with Crippen molar-refractivity contribution in [2.75, 3.05) is 0 Å². The molecule has 1 unspecified atom stereocenters.